The molecule has 0 aliphatic rings. The number of benzene rings is 2. The minimum Gasteiger partial charge on any atom is -0.240 e. The molecular formula is C17H15F2N3O2SSi. The van der Waals surface area contributed by atoms with Gasteiger partial charge in [0.2, 0.25) is 15.0 Å². The zero-order valence-electron chi connectivity index (χ0n) is 13.8. The maximum atomic E-state index is 13.3. The number of rotatable bonds is 6. The molecule has 3 aromatic rings. The minimum absolute atomic E-state index is 0.0954. The Balaban J connectivity index is 1.90. The fraction of sp³-hybridized carbons (Fsp3) is 0.176. The Labute approximate surface area is 152 Å². The van der Waals surface area contributed by atoms with Gasteiger partial charge in [0.15, 0.2) is 0 Å². The van der Waals surface area contributed by atoms with Crippen LogP contribution in [-0.4, -0.2) is 39.0 Å². The molecule has 26 heavy (non-hydrogen) atoms. The Kier molecular flexibility index (Phi) is 5.28. The molecule has 0 aliphatic carbocycles. The number of hydrogen-bond acceptors (Lipinski definition) is 4. The Morgan fingerprint density at radius 2 is 1.50 bits per heavy atom. The molecule has 134 valence electrons. The maximum absolute atomic E-state index is 13.3. The molecule has 0 aliphatic heterocycles. The first-order valence-electron chi connectivity index (χ1n) is 7.67. The molecule has 2 aromatic carbocycles. The third-order valence-corrected chi connectivity index (χ3v) is 6.30. The topological polar surface area (TPSA) is 64.8 Å². The largest absolute Gasteiger partial charge is 0.244 e. The van der Waals surface area contributed by atoms with E-state index in [4.69, 9.17) is 0 Å². The van der Waals surface area contributed by atoms with E-state index in [-0.39, 0.29) is 31.9 Å². The van der Waals surface area contributed by atoms with Gasteiger partial charge in [-0.2, -0.15) is 5.10 Å². The molecule has 9 heteroatoms. The summed E-state index contributed by atoms with van der Waals surface area (Å²) >= 11 is 0. The van der Waals surface area contributed by atoms with Gasteiger partial charge in [0.25, 0.3) is 0 Å². The van der Waals surface area contributed by atoms with Crippen LogP contribution in [0, 0.1) is 11.6 Å². The Morgan fingerprint density at radius 3 is 1.96 bits per heavy atom. The van der Waals surface area contributed by atoms with Gasteiger partial charge in [0, 0.05) is 18.0 Å². The number of halogens is 2. The van der Waals surface area contributed by atoms with Crippen LogP contribution >= 0.6 is 0 Å². The minimum atomic E-state index is -3.48. The molecule has 3 rings (SSSR count). The predicted molar refractivity (Wildman–Crippen MR) is 93.5 cm³/mol. The van der Waals surface area contributed by atoms with Crippen molar-refractivity contribution in [3.8, 4) is 0 Å². The van der Waals surface area contributed by atoms with Crippen LogP contribution in [0.3, 0.4) is 0 Å². The van der Waals surface area contributed by atoms with Gasteiger partial charge < -0.3 is 0 Å². The van der Waals surface area contributed by atoms with Crippen molar-refractivity contribution in [2.45, 2.75) is 16.9 Å². The quantitative estimate of drug-likeness (QED) is 0.606. The molecule has 2 radical (unpaired) electrons. The van der Waals surface area contributed by atoms with Crippen molar-refractivity contribution in [2.24, 2.45) is 0 Å². The van der Waals surface area contributed by atoms with Crippen molar-refractivity contribution in [1.82, 2.24) is 14.8 Å². The van der Waals surface area contributed by atoms with Gasteiger partial charge in [0.05, 0.1) is 9.52 Å². The Morgan fingerprint density at radius 1 is 1.00 bits per heavy atom. The van der Waals surface area contributed by atoms with E-state index in [0.29, 0.717) is 6.17 Å². The highest BCUT2D eigenvalue weighted by Crippen LogP contribution is 2.25. The van der Waals surface area contributed by atoms with Crippen LogP contribution in [0.4, 0.5) is 8.78 Å². The van der Waals surface area contributed by atoms with Crippen LogP contribution in [0.25, 0.3) is 0 Å². The fourth-order valence-electron chi connectivity index (χ4n) is 2.57. The van der Waals surface area contributed by atoms with Crippen molar-refractivity contribution in [2.75, 3.05) is 6.26 Å². The Hall–Kier alpha value is -2.39. The van der Waals surface area contributed by atoms with Gasteiger partial charge in [-0.05, 0) is 35.4 Å². The molecule has 5 nitrogen and oxygen atoms in total. The first-order chi connectivity index (χ1) is 12.3. The highest BCUT2D eigenvalue weighted by Gasteiger charge is 2.20. The summed E-state index contributed by atoms with van der Waals surface area (Å²) in [5.74, 6) is -0.684. The molecule has 0 unspecified atom stereocenters. The average molecular weight is 391 g/mol. The van der Waals surface area contributed by atoms with Crippen molar-refractivity contribution < 1.29 is 17.2 Å². The smallest absolute Gasteiger partial charge is 0.240 e. The van der Waals surface area contributed by atoms with Gasteiger partial charge in [0.1, 0.15) is 18.0 Å². The second-order valence-corrected chi connectivity index (χ2v) is 8.92. The van der Waals surface area contributed by atoms with Gasteiger partial charge in [-0.3, -0.25) is 0 Å². The lowest BCUT2D eigenvalue weighted by Crippen LogP contribution is -2.20. The van der Waals surface area contributed by atoms with Crippen molar-refractivity contribution >= 4 is 19.4 Å². The zero-order chi connectivity index (χ0) is 18.7. The van der Waals surface area contributed by atoms with Crippen molar-refractivity contribution in [3.05, 3.63) is 77.6 Å². The third-order valence-electron chi connectivity index (χ3n) is 3.76. The molecule has 0 atom stereocenters. The summed E-state index contributed by atoms with van der Waals surface area (Å²) in [4.78, 5) is 3.80. The SMILES string of the molecule is CS(=O)(=O)c1ncnn1C[Si]C(c1ccc(F)cc1)c1ccc(F)cc1. The van der Waals surface area contributed by atoms with E-state index < -0.39 is 9.84 Å². The maximum Gasteiger partial charge on any atom is 0.244 e. The van der Waals surface area contributed by atoms with Crippen LogP contribution in [-0.2, 0) is 16.0 Å². The lowest BCUT2D eigenvalue weighted by Gasteiger charge is -2.18. The normalized spacial score (nSPS) is 11.8. The number of aromatic nitrogens is 3. The van der Waals surface area contributed by atoms with E-state index in [1.807, 2.05) is 0 Å². The first kappa shape index (κ1) is 18.4. The summed E-state index contributed by atoms with van der Waals surface area (Å²) in [5, 5.41) is 3.89. The van der Waals surface area contributed by atoms with E-state index in [2.05, 4.69) is 10.1 Å². The fourth-order valence-corrected chi connectivity index (χ4v) is 4.86. The summed E-state index contributed by atoms with van der Waals surface area (Å²) in [5.41, 5.74) is 1.57. The highest BCUT2D eigenvalue weighted by molar-refractivity contribution is 7.90. The molecule has 0 saturated heterocycles. The summed E-state index contributed by atoms with van der Waals surface area (Å²) in [6.07, 6.45) is 2.60. The second kappa shape index (κ2) is 7.46. The van der Waals surface area contributed by atoms with Crippen molar-refractivity contribution in [1.29, 1.82) is 0 Å². The van der Waals surface area contributed by atoms with Crippen LogP contribution in [0.15, 0.2) is 60.0 Å². The first-order valence-corrected chi connectivity index (χ1v) is 10.8. The molecule has 0 saturated carbocycles. The van der Waals surface area contributed by atoms with Crippen LogP contribution < -0.4 is 0 Å². The van der Waals surface area contributed by atoms with Crippen LogP contribution in [0.2, 0.25) is 0 Å². The predicted octanol–water partition coefficient (Wildman–Crippen LogP) is 2.41. The number of hydrogen-bond donors (Lipinski definition) is 0. The molecular weight excluding hydrogens is 376 g/mol. The van der Waals surface area contributed by atoms with E-state index in [1.165, 1.54) is 35.3 Å². The molecule has 0 bridgehead atoms. The molecule has 1 aromatic heterocycles. The second-order valence-electron chi connectivity index (χ2n) is 5.71. The Bertz CT molecular complexity index is 944. The third kappa shape index (κ3) is 4.22. The molecule has 0 amide bonds. The molecule has 1 heterocycles. The lowest BCUT2D eigenvalue weighted by molar-refractivity contribution is 0.569. The van der Waals surface area contributed by atoms with E-state index in [1.54, 1.807) is 24.3 Å². The van der Waals surface area contributed by atoms with Gasteiger partial charge >= 0.3 is 0 Å². The summed E-state index contributed by atoms with van der Waals surface area (Å²) < 4.78 is 51.4. The standard InChI is InChI=1S/C17H15F2N3O2SSi/c1-25(23,24)17-20-10-21-22(17)11-26-16(12-2-6-14(18)7-3-12)13-4-8-15(19)9-5-13/h2-10,16H,11H2,1H3. The van der Waals surface area contributed by atoms with Gasteiger partial charge in [-0.1, -0.05) is 24.3 Å². The highest BCUT2D eigenvalue weighted by atomic mass is 32.2. The number of sulfone groups is 1. The van der Waals surface area contributed by atoms with E-state index >= 15 is 0 Å². The summed E-state index contributed by atoms with van der Waals surface area (Å²) in [6.45, 7) is 0. The molecule has 0 spiro atoms. The van der Waals surface area contributed by atoms with Crippen molar-refractivity contribution in [3.63, 3.8) is 0 Å². The van der Waals surface area contributed by atoms with E-state index in [9.17, 15) is 17.2 Å². The summed E-state index contributed by atoms with van der Waals surface area (Å²) in [7, 11) is -3.29. The zero-order valence-corrected chi connectivity index (χ0v) is 15.6. The summed E-state index contributed by atoms with van der Waals surface area (Å²) in [6, 6.07) is 12.2. The molecule has 0 N–H and O–H groups in total. The lowest BCUT2D eigenvalue weighted by atomic mass is 10.0. The molecule has 0 fully saturated rings. The monoisotopic (exact) mass is 391 g/mol. The number of nitrogens with zero attached hydrogens (tertiary/aromatic N) is 3. The van der Waals surface area contributed by atoms with Crippen LogP contribution in [0.1, 0.15) is 16.7 Å². The van der Waals surface area contributed by atoms with Crippen LogP contribution in [0.5, 0.6) is 0 Å². The van der Waals surface area contributed by atoms with E-state index in [0.717, 1.165) is 17.4 Å². The average Bonchev–Trinajstić information content (AvgIpc) is 3.07. The van der Waals surface area contributed by atoms with Gasteiger partial charge in [-0.25, -0.2) is 26.9 Å². The van der Waals surface area contributed by atoms with Gasteiger partial charge in [-0.15, -0.1) is 0 Å².